The van der Waals surface area contributed by atoms with Crippen LogP contribution in [0.5, 0.6) is 0 Å². The number of hydrogen-bond donors (Lipinski definition) is 1. The number of hydrogen-bond acceptors (Lipinski definition) is 5. The summed E-state index contributed by atoms with van der Waals surface area (Å²) in [5, 5.41) is 6.51. The van der Waals surface area contributed by atoms with Crippen LogP contribution in [0.4, 0.5) is 5.69 Å². The normalized spacial score (nSPS) is 9.95. The molecule has 1 N–H and O–H groups in total. The van der Waals surface area contributed by atoms with E-state index in [-0.39, 0.29) is 12.5 Å². The van der Waals surface area contributed by atoms with Crippen molar-refractivity contribution in [2.24, 2.45) is 0 Å². The van der Waals surface area contributed by atoms with Gasteiger partial charge in [-0.1, -0.05) is 0 Å². The van der Waals surface area contributed by atoms with Crippen LogP contribution in [-0.4, -0.2) is 33.8 Å². The number of anilines is 1. The van der Waals surface area contributed by atoms with Crippen LogP contribution in [0.2, 0.25) is 0 Å². The first-order valence-corrected chi connectivity index (χ1v) is 5.49. The molecule has 0 unspecified atom stereocenters. The average Bonchev–Trinajstić information content (AvgIpc) is 2.91. The Labute approximate surface area is 109 Å². The Morgan fingerprint density at radius 3 is 2.63 bits per heavy atom. The number of nitrogens with one attached hydrogen (secondary N) is 1. The molecular weight excluding hydrogens is 248 g/mol. The highest BCUT2D eigenvalue weighted by molar-refractivity contribution is 5.92. The standard InChI is InChI=1S/C12H12N4O3/c1-19-12(18)9-2-4-10(5-3-9)15-11(17)6-16-8-13-7-14-16/h2-5,7-8H,6H2,1H3,(H,15,17). The minimum absolute atomic E-state index is 0.0821. The van der Waals surface area contributed by atoms with E-state index in [1.165, 1.54) is 24.4 Å². The molecule has 0 aliphatic rings. The molecule has 1 aromatic heterocycles. The van der Waals surface area contributed by atoms with E-state index in [9.17, 15) is 9.59 Å². The summed E-state index contributed by atoms with van der Waals surface area (Å²) in [4.78, 5) is 26.6. The van der Waals surface area contributed by atoms with E-state index in [2.05, 4.69) is 20.1 Å². The lowest BCUT2D eigenvalue weighted by molar-refractivity contribution is -0.116. The number of rotatable bonds is 4. The molecule has 0 atom stereocenters. The van der Waals surface area contributed by atoms with Gasteiger partial charge in [0.2, 0.25) is 5.91 Å². The number of benzene rings is 1. The number of nitrogens with zero attached hydrogens (tertiary/aromatic N) is 3. The SMILES string of the molecule is COC(=O)c1ccc(NC(=O)Cn2cncn2)cc1. The van der Waals surface area contributed by atoms with E-state index in [1.807, 2.05) is 0 Å². The van der Waals surface area contributed by atoms with Crippen LogP contribution in [0, 0.1) is 0 Å². The Morgan fingerprint density at radius 2 is 2.05 bits per heavy atom. The maximum atomic E-state index is 11.7. The maximum absolute atomic E-state index is 11.7. The molecule has 0 aliphatic carbocycles. The minimum atomic E-state index is -0.416. The third kappa shape index (κ3) is 3.38. The molecule has 1 heterocycles. The molecule has 0 aliphatic heterocycles. The topological polar surface area (TPSA) is 86.1 Å². The van der Waals surface area contributed by atoms with Gasteiger partial charge in [-0.2, -0.15) is 5.10 Å². The van der Waals surface area contributed by atoms with E-state index >= 15 is 0 Å². The highest BCUT2D eigenvalue weighted by atomic mass is 16.5. The quantitative estimate of drug-likeness (QED) is 0.818. The molecule has 2 aromatic rings. The summed E-state index contributed by atoms with van der Waals surface area (Å²) in [6.07, 6.45) is 2.82. The fourth-order valence-corrected chi connectivity index (χ4v) is 1.47. The molecule has 0 spiro atoms. The monoisotopic (exact) mass is 260 g/mol. The fraction of sp³-hybridized carbons (Fsp3) is 0.167. The molecule has 0 saturated heterocycles. The molecule has 2 rings (SSSR count). The van der Waals surface area contributed by atoms with E-state index in [0.717, 1.165) is 0 Å². The van der Waals surface area contributed by atoms with Gasteiger partial charge in [0.15, 0.2) is 0 Å². The third-order valence-electron chi connectivity index (χ3n) is 2.36. The summed E-state index contributed by atoms with van der Waals surface area (Å²) >= 11 is 0. The second-order valence-corrected chi connectivity index (χ2v) is 3.71. The molecule has 1 aromatic carbocycles. The van der Waals surface area contributed by atoms with Crippen LogP contribution in [0.15, 0.2) is 36.9 Å². The molecule has 0 bridgehead atoms. The van der Waals surface area contributed by atoms with Gasteiger partial charge in [-0.15, -0.1) is 0 Å². The van der Waals surface area contributed by atoms with Gasteiger partial charge in [0.25, 0.3) is 0 Å². The van der Waals surface area contributed by atoms with Crippen LogP contribution in [-0.2, 0) is 16.1 Å². The van der Waals surface area contributed by atoms with Crippen LogP contribution < -0.4 is 5.32 Å². The highest BCUT2D eigenvalue weighted by Gasteiger charge is 2.07. The van der Waals surface area contributed by atoms with Gasteiger partial charge in [-0.05, 0) is 24.3 Å². The molecule has 0 radical (unpaired) electrons. The van der Waals surface area contributed by atoms with Crippen molar-refractivity contribution >= 4 is 17.6 Å². The van der Waals surface area contributed by atoms with E-state index in [4.69, 9.17) is 0 Å². The van der Waals surface area contributed by atoms with Crippen LogP contribution in [0.25, 0.3) is 0 Å². The van der Waals surface area contributed by atoms with Gasteiger partial charge in [0.05, 0.1) is 12.7 Å². The number of carbonyl (C=O) groups excluding carboxylic acids is 2. The number of amides is 1. The predicted molar refractivity (Wildman–Crippen MR) is 66.4 cm³/mol. The van der Waals surface area contributed by atoms with Gasteiger partial charge >= 0.3 is 5.97 Å². The first-order valence-electron chi connectivity index (χ1n) is 5.49. The third-order valence-corrected chi connectivity index (χ3v) is 2.36. The highest BCUT2D eigenvalue weighted by Crippen LogP contribution is 2.10. The largest absolute Gasteiger partial charge is 0.465 e. The van der Waals surface area contributed by atoms with Gasteiger partial charge in [0, 0.05) is 5.69 Å². The Kier molecular flexibility index (Phi) is 3.87. The molecule has 1 amide bonds. The summed E-state index contributed by atoms with van der Waals surface area (Å²) in [6.45, 7) is 0.0821. The molecule has 7 heteroatoms. The van der Waals surface area contributed by atoms with Crippen LogP contribution in [0.1, 0.15) is 10.4 Å². The second-order valence-electron chi connectivity index (χ2n) is 3.71. The van der Waals surface area contributed by atoms with Gasteiger partial charge in [-0.3, -0.25) is 4.79 Å². The maximum Gasteiger partial charge on any atom is 0.337 e. The smallest absolute Gasteiger partial charge is 0.337 e. The Bertz CT molecular complexity index is 563. The van der Waals surface area contributed by atoms with Crippen LogP contribution in [0.3, 0.4) is 0 Å². The zero-order chi connectivity index (χ0) is 13.7. The summed E-state index contributed by atoms with van der Waals surface area (Å²) < 4.78 is 6.00. The van der Waals surface area contributed by atoms with Crippen LogP contribution >= 0.6 is 0 Å². The Morgan fingerprint density at radius 1 is 1.32 bits per heavy atom. The van der Waals surface area contributed by atoms with Crippen molar-refractivity contribution in [1.29, 1.82) is 0 Å². The molecule has 0 fully saturated rings. The molecule has 19 heavy (non-hydrogen) atoms. The van der Waals surface area contributed by atoms with E-state index in [0.29, 0.717) is 11.3 Å². The van der Waals surface area contributed by atoms with Crippen molar-refractivity contribution in [3.05, 3.63) is 42.5 Å². The first kappa shape index (κ1) is 12.7. The molecular formula is C12H12N4O3. The summed E-state index contributed by atoms with van der Waals surface area (Å²) in [5.41, 5.74) is 1.02. The van der Waals surface area contributed by atoms with Crippen molar-refractivity contribution < 1.29 is 14.3 Å². The number of aromatic nitrogens is 3. The van der Waals surface area contributed by atoms with Crippen molar-refractivity contribution in [3.63, 3.8) is 0 Å². The van der Waals surface area contributed by atoms with Crippen molar-refractivity contribution in [3.8, 4) is 0 Å². The summed E-state index contributed by atoms with van der Waals surface area (Å²) in [6, 6.07) is 6.42. The summed E-state index contributed by atoms with van der Waals surface area (Å²) in [5.74, 6) is -0.642. The predicted octanol–water partition coefficient (Wildman–Crippen LogP) is 0.703. The lowest BCUT2D eigenvalue weighted by Crippen LogP contribution is -2.19. The van der Waals surface area contributed by atoms with Crippen molar-refractivity contribution in [1.82, 2.24) is 14.8 Å². The fourth-order valence-electron chi connectivity index (χ4n) is 1.47. The first-order chi connectivity index (χ1) is 9.19. The number of carbonyl (C=O) groups is 2. The molecule has 98 valence electrons. The number of ether oxygens (including phenoxy) is 1. The van der Waals surface area contributed by atoms with Crippen molar-refractivity contribution in [2.45, 2.75) is 6.54 Å². The van der Waals surface area contributed by atoms with E-state index in [1.54, 1.807) is 24.3 Å². The number of methoxy groups -OCH3 is 1. The van der Waals surface area contributed by atoms with Gasteiger partial charge in [0.1, 0.15) is 19.2 Å². The molecule has 0 saturated carbocycles. The Hall–Kier alpha value is -2.70. The van der Waals surface area contributed by atoms with Gasteiger partial charge in [-0.25, -0.2) is 14.5 Å². The lowest BCUT2D eigenvalue weighted by atomic mass is 10.2. The van der Waals surface area contributed by atoms with Gasteiger partial charge < -0.3 is 10.1 Å². The Balaban J connectivity index is 1.96. The van der Waals surface area contributed by atoms with Crippen molar-refractivity contribution in [2.75, 3.05) is 12.4 Å². The minimum Gasteiger partial charge on any atom is -0.465 e. The van der Waals surface area contributed by atoms with E-state index < -0.39 is 5.97 Å². The lowest BCUT2D eigenvalue weighted by Gasteiger charge is -2.05. The summed E-state index contributed by atoms with van der Waals surface area (Å²) in [7, 11) is 1.32. The molecule has 7 nitrogen and oxygen atoms in total. The number of esters is 1. The second kappa shape index (κ2) is 5.76. The zero-order valence-electron chi connectivity index (χ0n) is 10.2. The zero-order valence-corrected chi connectivity index (χ0v) is 10.2. The average molecular weight is 260 g/mol.